The van der Waals surface area contributed by atoms with Gasteiger partial charge in [-0.2, -0.15) is 5.26 Å². The second-order valence-corrected chi connectivity index (χ2v) is 8.68. The highest BCUT2D eigenvalue weighted by atomic mass is 16.5. The van der Waals surface area contributed by atoms with Crippen molar-refractivity contribution >= 4 is 17.9 Å². The minimum atomic E-state index is -0.384. The molecule has 0 aliphatic carbocycles. The first kappa shape index (κ1) is 25.1. The van der Waals surface area contributed by atoms with Crippen LogP contribution in [0.1, 0.15) is 36.2 Å². The lowest BCUT2D eigenvalue weighted by Gasteiger charge is -2.31. The Balaban J connectivity index is 1.60. The minimum Gasteiger partial charge on any atom is -0.497 e. The molecular formula is C26H33N5O3. The zero-order chi connectivity index (χ0) is 24.7. The molecule has 8 heteroatoms. The van der Waals surface area contributed by atoms with Gasteiger partial charge in [-0.05, 0) is 88.2 Å². The summed E-state index contributed by atoms with van der Waals surface area (Å²) in [7, 11) is 1.63. The lowest BCUT2D eigenvalue weighted by Crippen LogP contribution is -2.42. The van der Waals surface area contributed by atoms with Gasteiger partial charge < -0.3 is 25.3 Å². The quantitative estimate of drug-likeness (QED) is 0.337. The van der Waals surface area contributed by atoms with Crippen LogP contribution in [-0.2, 0) is 9.59 Å². The number of aromatic nitrogens is 1. The molecule has 2 amide bonds. The second-order valence-electron chi connectivity index (χ2n) is 8.68. The second kappa shape index (κ2) is 11.5. The summed E-state index contributed by atoms with van der Waals surface area (Å²) in [5, 5.41) is 12.4. The molecule has 1 aliphatic heterocycles. The molecule has 0 saturated carbocycles. The summed E-state index contributed by atoms with van der Waals surface area (Å²) in [5.41, 5.74) is 9.26. The Bertz CT molecular complexity index is 1090. The largest absolute Gasteiger partial charge is 0.497 e. The Morgan fingerprint density at radius 2 is 2.03 bits per heavy atom. The molecule has 1 aromatic heterocycles. The van der Waals surface area contributed by atoms with Crippen LogP contribution in [0, 0.1) is 31.1 Å². The van der Waals surface area contributed by atoms with Crippen LogP contribution in [0.2, 0.25) is 0 Å². The van der Waals surface area contributed by atoms with E-state index >= 15 is 0 Å². The molecule has 8 nitrogen and oxygen atoms in total. The van der Waals surface area contributed by atoms with Gasteiger partial charge in [0.15, 0.2) is 0 Å². The molecular weight excluding hydrogens is 430 g/mol. The zero-order valence-electron chi connectivity index (χ0n) is 20.1. The third-order valence-corrected chi connectivity index (χ3v) is 6.31. The molecule has 1 saturated heterocycles. The average Bonchev–Trinajstić information content (AvgIpc) is 3.12. The first-order valence-corrected chi connectivity index (χ1v) is 11.6. The highest BCUT2D eigenvalue weighted by molar-refractivity contribution is 6.01. The van der Waals surface area contributed by atoms with Crippen molar-refractivity contribution in [3.05, 3.63) is 52.9 Å². The SMILES string of the molecule is COc1ccc(-n2c(C)cc(/C=C(\C#N)C(=O)NCCCN3CCCC(C(N)=O)C3)c2C)cc1. The van der Waals surface area contributed by atoms with E-state index in [-0.39, 0.29) is 23.3 Å². The highest BCUT2D eigenvalue weighted by Gasteiger charge is 2.23. The lowest BCUT2D eigenvalue weighted by atomic mass is 9.97. The number of piperidine rings is 1. The van der Waals surface area contributed by atoms with Crippen LogP contribution in [-0.4, -0.2) is 54.6 Å². The molecule has 180 valence electrons. The average molecular weight is 464 g/mol. The van der Waals surface area contributed by atoms with E-state index in [1.807, 2.05) is 50.2 Å². The van der Waals surface area contributed by atoms with Gasteiger partial charge >= 0.3 is 0 Å². The number of hydrogen-bond acceptors (Lipinski definition) is 5. The zero-order valence-corrected chi connectivity index (χ0v) is 20.1. The van der Waals surface area contributed by atoms with Crippen molar-refractivity contribution in [1.82, 2.24) is 14.8 Å². The molecule has 1 aliphatic rings. The van der Waals surface area contributed by atoms with Gasteiger partial charge in [0.25, 0.3) is 5.91 Å². The summed E-state index contributed by atoms with van der Waals surface area (Å²) in [6.45, 7) is 6.80. The van der Waals surface area contributed by atoms with Crippen molar-refractivity contribution in [3.63, 3.8) is 0 Å². The number of nitriles is 1. The molecule has 2 aromatic rings. The van der Waals surface area contributed by atoms with E-state index in [1.54, 1.807) is 13.2 Å². The van der Waals surface area contributed by atoms with Crippen LogP contribution in [0.3, 0.4) is 0 Å². The number of rotatable bonds is 9. The van der Waals surface area contributed by atoms with E-state index < -0.39 is 0 Å². The van der Waals surface area contributed by atoms with Crippen LogP contribution in [0.15, 0.2) is 35.9 Å². The van der Waals surface area contributed by atoms with E-state index in [2.05, 4.69) is 14.8 Å². The van der Waals surface area contributed by atoms with Crippen molar-refractivity contribution in [1.29, 1.82) is 5.26 Å². The summed E-state index contributed by atoms with van der Waals surface area (Å²) in [6, 6.07) is 11.7. The number of nitrogens with zero attached hydrogens (tertiary/aromatic N) is 3. The fourth-order valence-electron chi connectivity index (χ4n) is 4.46. The van der Waals surface area contributed by atoms with Gasteiger partial charge in [-0.3, -0.25) is 9.59 Å². The minimum absolute atomic E-state index is 0.0711. The molecule has 1 aromatic carbocycles. The monoisotopic (exact) mass is 463 g/mol. The third-order valence-electron chi connectivity index (χ3n) is 6.31. The van der Waals surface area contributed by atoms with Gasteiger partial charge in [-0.1, -0.05) is 0 Å². The van der Waals surface area contributed by atoms with Gasteiger partial charge in [0, 0.05) is 30.2 Å². The lowest BCUT2D eigenvalue weighted by molar-refractivity contribution is -0.123. The number of nitrogens with one attached hydrogen (secondary N) is 1. The number of nitrogens with two attached hydrogens (primary N) is 1. The highest BCUT2D eigenvalue weighted by Crippen LogP contribution is 2.24. The van der Waals surface area contributed by atoms with Crippen LogP contribution < -0.4 is 15.8 Å². The van der Waals surface area contributed by atoms with Crippen molar-refractivity contribution in [2.45, 2.75) is 33.1 Å². The van der Waals surface area contributed by atoms with Crippen molar-refractivity contribution < 1.29 is 14.3 Å². The van der Waals surface area contributed by atoms with Gasteiger partial charge in [-0.25, -0.2) is 0 Å². The summed E-state index contributed by atoms with van der Waals surface area (Å²) in [5.74, 6) is 0.0645. The molecule has 3 rings (SSSR count). The summed E-state index contributed by atoms with van der Waals surface area (Å²) in [6.07, 6.45) is 4.18. The predicted molar refractivity (Wildman–Crippen MR) is 131 cm³/mol. The number of aryl methyl sites for hydroxylation is 1. The number of hydrogen-bond donors (Lipinski definition) is 2. The number of methoxy groups -OCH3 is 1. The smallest absolute Gasteiger partial charge is 0.261 e. The summed E-state index contributed by atoms with van der Waals surface area (Å²) >= 11 is 0. The summed E-state index contributed by atoms with van der Waals surface area (Å²) < 4.78 is 7.31. The number of likely N-dealkylation sites (tertiary alicyclic amines) is 1. The first-order valence-electron chi connectivity index (χ1n) is 11.6. The van der Waals surface area contributed by atoms with E-state index in [0.29, 0.717) is 13.1 Å². The summed E-state index contributed by atoms with van der Waals surface area (Å²) in [4.78, 5) is 26.3. The standard InChI is InChI=1S/C26H33N5O3/c1-18-14-21(19(2)31(18)23-7-9-24(34-3)10-8-23)15-22(16-27)26(33)29-11-5-13-30-12-4-6-20(17-30)25(28)32/h7-10,14-15,20H,4-6,11-13,17H2,1-3H3,(H2,28,32)(H,29,33)/b22-15+. The van der Waals surface area contributed by atoms with Gasteiger partial charge in [0.1, 0.15) is 17.4 Å². The van der Waals surface area contributed by atoms with E-state index in [9.17, 15) is 14.9 Å². The molecule has 0 bridgehead atoms. The molecule has 1 atom stereocenters. The fraction of sp³-hybridized carbons (Fsp3) is 0.423. The van der Waals surface area contributed by atoms with E-state index in [4.69, 9.17) is 10.5 Å². The van der Waals surface area contributed by atoms with Crippen LogP contribution in [0.25, 0.3) is 11.8 Å². The van der Waals surface area contributed by atoms with Gasteiger partial charge in [-0.15, -0.1) is 0 Å². The molecule has 34 heavy (non-hydrogen) atoms. The fourth-order valence-corrected chi connectivity index (χ4v) is 4.46. The number of benzene rings is 1. The van der Waals surface area contributed by atoms with Gasteiger partial charge in [0.2, 0.25) is 5.91 Å². The number of ether oxygens (including phenoxy) is 1. The predicted octanol–water partition coefficient (Wildman–Crippen LogP) is 2.71. The first-order chi connectivity index (χ1) is 16.3. The number of carbonyl (C=O) groups is 2. The number of carbonyl (C=O) groups excluding carboxylic acids is 2. The van der Waals surface area contributed by atoms with Crippen molar-refractivity contribution in [2.75, 3.05) is 33.3 Å². The Morgan fingerprint density at radius 3 is 2.68 bits per heavy atom. The number of amides is 2. The Hall–Kier alpha value is -3.57. The third kappa shape index (κ3) is 6.06. The molecule has 2 heterocycles. The molecule has 1 fully saturated rings. The van der Waals surface area contributed by atoms with Crippen LogP contribution in [0.5, 0.6) is 5.75 Å². The van der Waals surface area contributed by atoms with Crippen molar-refractivity contribution in [2.24, 2.45) is 11.7 Å². The maximum atomic E-state index is 12.6. The van der Waals surface area contributed by atoms with E-state index in [0.717, 1.165) is 60.7 Å². The molecule has 3 N–H and O–H groups in total. The molecule has 1 unspecified atom stereocenters. The van der Waals surface area contributed by atoms with Crippen molar-refractivity contribution in [3.8, 4) is 17.5 Å². The number of primary amides is 1. The van der Waals surface area contributed by atoms with Crippen LogP contribution >= 0.6 is 0 Å². The Labute approximate surface area is 201 Å². The van der Waals surface area contributed by atoms with E-state index in [1.165, 1.54) is 0 Å². The topological polar surface area (TPSA) is 113 Å². The van der Waals surface area contributed by atoms with Crippen LogP contribution in [0.4, 0.5) is 0 Å². The molecule has 0 spiro atoms. The maximum absolute atomic E-state index is 12.6. The normalized spacial score (nSPS) is 16.6. The molecule has 0 radical (unpaired) electrons. The Kier molecular flexibility index (Phi) is 8.50. The van der Waals surface area contributed by atoms with Gasteiger partial charge in [0.05, 0.1) is 13.0 Å². The maximum Gasteiger partial charge on any atom is 0.261 e. The Morgan fingerprint density at radius 1 is 1.29 bits per heavy atom.